The first-order valence-corrected chi connectivity index (χ1v) is 9.09. The standard InChI is InChI=1S/C19H18P.BrH.ClH/c1-20(17-11-5-2-6-12-17,18-13-7-3-8-14-18)19-15-9-4-10-16-19;;/h2-16H,1H3;2*1H. The van der Waals surface area contributed by atoms with Crippen LogP contribution in [-0.4, -0.2) is 6.66 Å². The maximum Gasteiger partial charge on any atom is -0.0199 e. The zero-order valence-electron chi connectivity index (χ0n) is 12.4. The molecule has 3 rings (SSSR count). The van der Waals surface area contributed by atoms with Crippen LogP contribution in [0.3, 0.4) is 0 Å². The smallest absolute Gasteiger partial charge is 0.0199 e. The molecule has 0 amide bonds. The highest BCUT2D eigenvalue weighted by Crippen LogP contribution is 2.51. The summed E-state index contributed by atoms with van der Waals surface area (Å²) in [4.78, 5) is 0. The molecule has 3 heteroatoms. The van der Waals surface area contributed by atoms with Gasteiger partial charge in [0.1, 0.15) is 0 Å². The fourth-order valence-corrected chi connectivity index (χ4v) is 5.83. The Bertz CT molecular complexity index is 575. The van der Waals surface area contributed by atoms with Crippen molar-refractivity contribution < 1.29 is 0 Å². The molecule has 115 valence electrons. The van der Waals surface area contributed by atoms with Crippen molar-refractivity contribution in [3.8, 4) is 0 Å². The first-order valence-electron chi connectivity index (χ1n) is 6.85. The first kappa shape index (κ1) is 18.9. The summed E-state index contributed by atoms with van der Waals surface area (Å²) in [5.41, 5.74) is 0. The molecule has 22 heavy (non-hydrogen) atoms. The Morgan fingerprint density at radius 3 is 0.955 bits per heavy atom. The van der Waals surface area contributed by atoms with E-state index in [9.17, 15) is 0 Å². The van der Waals surface area contributed by atoms with E-state index in [0.29, 0.717) is 0 Å². The average molecular weight is 395 g/mol. The Kier molecular flexibility index (Phi) is 7.29. The van der Waals surface area contributed by atoms with Crippen molar-refractivity contribution in [1.82, 2.24) is 0 Å². The van der Waals surface area contributed by atoms with E-state index >= 15 is 0 Å². The van der Waals surface area contributed by atoms with Crippen LogP contribution in [0.4, 0.5) is 0 Å². The van der Waals surface area contributed by atoms with Crippen LogP contribution in [0.25, 0.3) is 0 Å². The van der Waals surface area contributed by atoms with Crippen molar-refractivity contribution in [3.63, 3.8) is 0 Å². The van der Waals surface area contributed by atoms with Crippen LogP contribution >= 0.6 is 36.7 Å². The van der Waals surface area contributed by atoms with E-state index in [1.807, 2.05) is 0 Å². The normalized spacial score (nSPS) is 10.2. The molecule has 0 unspecified atom stereocenters. The molecule has 0 aliphatic carbocycles. The minimum absolute atomic E-state index is 0. The molecule has 0 atom stereocenters. The number of benzene rings is 3. The summed E-state index contributed by atoms with van der Waals surface area (Å²) in [6, 6.07) is 32.6. The molecular formula is C19H20BrClP. The predicted molar refractivity (Wildman–Crippen MR) is 109 cm³/mol. The Morgan fingerprint density at radius 1 is 0.500 bits per heavy atom. The molecule has 0 saturated carbocycles. The molecule has 0 fully saturated rings. The van der Waals surface area contributed by atoms with Crippen LogP contribution in [0, 0.1) is 0 Å². The second-order valence-electron chi connectivity index (χ2n) is 5.01. The van der Waals surface area contributed by atoms with E-state index in [0.717, 1.165) is 0 Å². The van der Waals surface area contributed by atoms with E-state index in [4.69, 9.17) is 0 Å². The summed E-state index contributed by atoms with van der Waals surface area (Å²) < 4.78 is 0. The van der Waals surface area contributed by atoms with E-state index < -0.39 is 7.26 Å². The fraction of sp³-hybridized carbons (Fsp3) is 0.0526. The molecular weight excluding hydrogens is 375 g/mol. The second-order valence-corrected chi connectivity index (χ2v) is 8.57. The molecule has 0 saturated heterocycles. The lowest BCUT2D eigenvalue weighted by Gasteiger charge is -2.34. The molecule has 0 aliphatic rings. The summed E-state index contributed by atoms with van der Waals surface area (Å²) >= 11 is 0. The van der Waals surface area contributed by atoms with Crippen LogP contribution in [0.15, 0.2) is 91.0 Å². The zero-order valence-corrected chi connectivity index (χ0v) is 15.8. The Hall–Kier alpha value is -1.14. The molecule has 0 aromatic heterocycles. The zero-order chi connectivity index (χ0) is 13.8. The Morgan fingerprint density at radius 2 is 0.727 bits per heavy atom. The lowest BCUT2D eigenvalue weighted by atomic mass is 10.4. The topological polar surface area (TPSA) is 0 Å². The van der Waals surface area contributed by atoms with E-state index in [1.165, 1.54) is 15.9 Å². The van der Waals surface area contributed by atoms with Crippen molar-refractivity contribution in [3.05, 3.63) is 91.0 Å². The Labute approximate surface area is 150 Å². The van der Waals surface area contributed by atoms with Gasteiger partial charge in [-0.25, -0.2) is 0 Å². The van der Waals surface area contributed by atoms with Gasteiger partial charge in [-0.1, -0.05) is 91.0 Å². The third-order valence-electron chi connectivity index (χ3n) is 3.82. The van der Waals surface area contributed by atoms with Crippen LogP contribution in [0.1, 0.15) is 0 Å². The third kappa shape index (κ3) is 3.60. The molecule has 1 radical (unpaired) electrons. The largest absolute Gasteiger partial charge is 0.147 e. The van der Waals surface area contributed by atoms with Crippen molar-refractivity contribution in [2.45, 2.75) is 0 Å². The van der Waals surface area contributed by atoms with Gasteiger partial charge in [0.05, 0.1) is 0 Å². The predicted octanol–water partition coefficient (Wildman–Crippen LogP) is 4.61. The minimum atomic E-state index is -1.53. The second kappa shape index (κ2) is 8.48. The van der Waals surface area contributed by atoms with Crippen molar-refractivity contribution in [1.29, 1.82) is 0 Å². The molecule has 0 spiro atoms. The summed E-state index contributed by atoms with van der Waals surface area (Å²) in [6.07, 6.45) is 0. The summed E-state index contributed by atoms with van der Waals surface area (Å²) in [6.45, 7) is 2.41. The number of hydrogen-bond donors (Lipinski definition) is 0. The Balaban J connectivity index is 0.00000121. The number of rotatable bonds is 3. The van der Waals surface area contributed by atoms with Gasteiger partial charge in [0.15, 0.2) is 0 Å². The van der Waals surface area contributed by atoms with E-state index in [-0.39, 0.29) is 29.4 Å². The van der Waals surface area contributed by atoms with Crippen LogP contribution in [0.2, 0.25) is 0 Å². The van der Waals surface area contributed by atoms with Crippen molar-refractivity contribution in [2.75, 3.05) is 6.66 Å². The van der Waals surface area contributed by atoms with Crippen LogP contribution in [-0.2, 0) is 0 Å². The van der Waals surface area contributed by atoms with Gasteiger partial charge >= 0.3 is 0 Å². The van der Waals surface area contributed by atoms with Gasteiger partial charge in [0.25, 0.3) is 0 Å². The summed E-state index contributed by atoms with van der Waals surface area (Å²) in [5.74, 6) is 0. The van der Waals surface area contributed by atoms with Crippen molar-refractivity contribution in [2.24, 2.45) is 0 Å². The first-order chi connectivity index (χ1) is 9.82. The summed E-state index contributed by atoms with van der Waals surface area (Å²) in [5, 5.41) is 4.28. The monoisotopic (exact) mass is 393 g/mol. The van der Waals surface area contributed by atoms with E-state index in [1.54, 1.807) is 0 Å². The molecule has 3 aromatic rings. The molecule has 0 heterocycles. The fourth-order valence-electron chi connectivity index (χ4n) is 2.63. The maximum absolute atomic E-state index is 2.41. The minimum Gasteiger partial charge on any atom is -0.147 e. The average Bonchev–Trinajstić information content (AvgIpc) is 2.56. The number of halogens is 2. The van der Waals surface area contributed by atoms with Crippen LogP contribution < -0.4 is 15.9 Å². The molecule has 0 N–H and O–H groups in total. The van der Waals surface area contributed by atoms with Gasteiger partial charge in [0, 0.05) is 0 Å². The lowest BCUT2D eigenvalue weighted by molar-refractivity contribution is 1.72. The van der Waals surface area contributed by atoms with Gasteiger partial charge in [0.2, 0.25) is 0 Å². The third-order valence-corrected chi connectivity index (χ3v) is 7.81. The SMILES string of the molecule is Br.C[P](c1ccccc1)(c1ccccc1)c1ccccc1.Cl. The van der Waals surface area contributed by atoms with Gasteiger partial charge in [-0.05, 0) is 29.8 Å². The summed E-state index contributed by atoms with van der Waals surface area (Å²) in [7, 11) is -1.53. The quantitative estimate of drug-likeness (QED) is 0.569. The van der Waals surface area contributed by atoms with E-state index in [2.05, 4.69) is 97.7 Å². The van der Waals surface area contributed by atoms with Gasteiger partial charge < -0.3 is 0 Å². The van der Waals surface area contributed by atoms with Gasteiger partial charge in [-0.15, -0.1) is 29.4 Å². The highest BCUT2D eigenvalue weighted by atomic mass is 79.9. The number of hydrogen-bond acceptors (Lipinski definition) is 0. The molecule has 3 aromatic carbocycles. The lowest BCUT2D eigenvalue weighted by Crippen LogP contribution is -2.30. The highest BCUT2D eigenvalue weighted by molar-refractivity contribution is 8.93. The van der Waals surface area contributed by atoms with Gasteiger partial charge in [-0.3, -0.25) is 0 Å². The van der Waals surface area contributed by atoms with Gasteiger partial charge in [-0.2, -0.15) is 0 Å². The maximum atomic E-state index is 2.41. The highest BCUT2D eigenvalue weighted by Gasteiger charge is 2.27. The molecule has 0 nitrogen and oxygen atoms in total. The van der Waals surface area contributed by atoms with Crippen molar-refractivity contribution >= 4 is 52.6 Å². The molecule has 0 bridgehead atoms. The molecule has 0 aliphatic heterocycles. The van der Waals surface area contributed by atoms with Crippen LogP contribution in [0.5, 0.6) is 0 Å².